The van der Waals surface area contributed by atoms with Gasteiger partial charge in [-0.1, -0.05) is 0 Å². The van der Waals surface area contributed by atoms with E-state index >= 15 is 0 Å². The Kier molecular flexibility index (Phi) is 4.43. The Hall–Kier alpha value is -1.45. The van der Waals surface area contributed by atoms with Gasteiger partial charge in [0, 0.05) is 19.2 Å². The molecule has 0 aliphatic rings. The second kappa shape index (κ2) is 5.46. The second-order valence-electron chi connectivity index (χ2n) is 4.27. The number of hydrogen-bond acceptors (Lipinski definition) is 3. The van der Waals surface area contributed by atoms with E-state index in [1.807, 2.05) is 6.07 Å². The summed E-state index contributed by atoms with van der Waals surface area (Å²) < 4.78 is 38.3. The molecule has 1 rings (SSSR count). The van der Waals surface area contributed by atoms with Gasteiger partial charge in [-0.15, -0.1) is 0 Å². The lowest BCUT2D eigenvalue weighted by molar-refractivity contribution is 0.450. The summed E-state index contributed by atoms with van der Waals surface area (Å²) in [4.78, 5) is 0. The Morgan fingerprint density at radius 2 is 2.06 bits per heavy atom. The molecule has 0 aromatic heterocycles. The molecule has 0 heterocycles. The monoisotopic (exact) mass is 270 g/mol. The summed E-state index contributed by atoms with van der Waals surface area (Å²) in [5.41, 5.74) is 0.502. The number of hydrogen-bond donors (Lipinski definition) is 0. The lowest BCUT2D eigenvalue weighted by atomic mass is 10.1. The van der Waals surface area contributed by atoms with Gasteiger partial charge in [0.25, 0.3) is 0 Å². The molecular formula is C12H15FN2O2S. The second-order valence-corrected chi connectivity index (χ2v) is 6.86. The number of halogens is 1. The molecule has 0 N–H and O–H groups in total. The first-order chi connectivity index (χ1) is 8.28. The van der Waals surface area contributed by atoms with E-state index in [0.717, 1.165) is 4.31 Å². The van der Waals surface area contributed by atoms with Gasteiger partial charge in [0.2, 0.25) is 10.0 Å². The zero-order valence-corrected chi connectivity index (χ0v) is 11.3. The van der Waals surface area contributed by atoms with E-state index in [9.17, 15) is 12.8 Å². The van der Waals surface area contributed by atoms with Crippen LogP contribution in [0.1, 0.15) is 25.0 Å². The summed E-state index contributed by atoms with van der Waals surface area (Å²) in [7, 11) is -2.03. The van der Waals surface area contributed by atoms with Crippen LogP contribution < -0.4 is 0 Å². The largest absolute Gasteiger partial charge is 0.216 e. The molecule has 0 amide bonds. The van der Waals surface area contributed by atoms with Crippen molar-refractivity contribution in [1.29, 1.82) is 5.26 Å². The predicted molar refractivity (Wildman–Crippen MR) is 66.6 cm³/mol. The highest BCUT2D eigenvalue weighted by atomic mass is 32.2. The van der Waals surface area contributed by atoms with Gasteiger partial charge in [-0.25, -0.2) is 17.1 Å². The third-order valence-electron chi connectivity index (χ3n) is 2.60. The highest BCUT2D eigenvalue weighted by molar-refractivity contribution is 7.89. The van der Waals surface area contributed by atoms with Gasteiger partial charge in [-0.3, -0.25) is 0 Å². The number of rotatable bonds is 4. The smallest absolute Gasteiger partial charge is 0.212 e. The molecule has 0 radical (unpaired) electrons. The van der Waals surface area contributed by atoms with E-state index in [0.29, 0.717) is 5.56 Å². The van der Waals surface area contributed by atoms with Crippen molar-refractivity contribution < 1.29 is 12.8 Å². The summed E-state index contributed by atoms with van der Waals surface area (Å²) in [6.45, 7) is 3.05. The van der Waals surface area contributed by atoms with Crippen LogP contribution in [0, 0.1) is 17.1 Å². The van der Waals surface area contributed by atoms with Crippen molar-refractivity contribution in [3.63, 3.8) is 0 Å². The molecular weight excluding hydrogens is 255 g/mol. The van der Waals surface area contributed by atoms with E-state index < -0.39 is 21.1 Å². The molecule has 18 heavy (non-hydrogen) atoms. The summed E-state index contributed by atoms with van der Waals surface area (Å²) in [5.74, 6) is -0.514. The standard InChI is InChI=1S/C12H15FN2O2S/c1-9(2)18(16,17)15(3)8-11-6-10(7-14)4-5-12(11)13/h4-6,9H,8H2,1-3H3. The lowest BCUT2D eigenvalue weighted by Crippen LogP contribution is -2.32. The van der Waals surface area contributed by atoms with Gasteiger partial charge in [0.1, 0.15) is 5.82 Å². The Morgan fingerprint density at radius 1 is 1.44 bits per heavy atom. The fourth-order valence-corrected chi connectivity index (χ4v) is 2.49. The van der Waals surface area contributed by atoms with Crippen LogP contribution in [0.3, 0.4) is 0 Å². The molecule has 0 saturated carbocycles. The molecule has 0 bridgehead atoms. The van der Waals surface area contributed by atoms with Crippen LogP contribution in [0.5, 0.6) is 0 Å². The van der Waals surface area contributed by atoms with Crippen LogP contribution in [-0.2, 0) is 16.6 Å². The normalized spacial score (nSPS) is 11.8. The summed E-state index contributed by atoms with van der Waals surface area (Å²) in [6.07, 6.45) is 0. The first-order valence-corrected chi connectivity index (χ1v) is 6.93. The van der Waals surface area contributed by atoms with E-state index in [1.54, 1.807) is 13.8 Å². The predicted octanol–water partition coefficient (Wildman–Crippen LogP) is 1.87. The third kappa shape index (κ3) is 3.06. The lowest BCUT2D eigenvalue weighted by Gasteiger charge is -2.20. The van der Waals surface area contributed by atoms with Gasteiger partial charge in [-0.2, -0.15) is 5.26 Å². The molecule has 0 saturated heterocycles. The van der Waals surface area contributed by atoms with Crippen LogP contribution >= 0.6 is 0 Å². The SMILES string of the molecule is CC(C)S(=O)(=O)N(C)Cc1cc(C#N)ccc1F. The molecule has 4 nitrogen and oxygen atoms in total. The first kappa shape index (κ1) is 14.6. The Labute approximate surface area is 107 Å². The molecule has 0 unspecified atom stereocenters. The minimum absolute atomic E-state index is 0.0815. The molecule has 0 aliphatic carbocycles. The Bertz CT molecular complexity index is 576. The maximum atomic E-state index is 13.5. The van der Waals surface area contributed by atoms with Crippen molar-refractivity contribution in [2.24, 2.45) is 0 Å². The average molecular weight is 270 g/mol. The molecule has 0 spiro atoms. The van der Waals surface area contributed by atoms with Crippen LogP contribution in [-0.4, -0.2) is 25.0 Å². The van der Waals surface area contributed by atoms with Gasteiger partial charge in [-0.05, 0) is 32.0 Å². The van der Waals surface area contributed by atoms with E-state index in [-0.39, 0.29) is 12.1 Å². The van der Waals surface area contributed by atoms with E-state index in [2.05, 4.69) is 0 Å². The van der Waals surface area contributed by atoms with E-state index in [1.165, 1.54) is 25.2 Å². The Morgan fingerprint density at radius 3 is 2.56 bits per heavy atom. The van der Waals surface area contributed by atoms with Crippen molar-refractivity contribution in [3.05, 3.63) is 35.1 Å². The van der Waals surface area contributed by atoms with Crippen molar-refractivity contribution in [3.8, 4) is 6.07 Å². The van der Waals surface area contributed by atoms with Crippen LogP contribution in [0.2, 0.25) is 0 Å². The van der Waals surface area contributed by atoms with Gasteiger partial charge < -0.3 is 0 Å². The minimum atomic E-state index is -3.43. The van der Waals surface area contributed by atoms with Gasteiger partial charge >= 0.3 is 0 Å². The van der Waals surface area contributed by atoms with Gasteiger partial charge in [0.15, 0.2) is 0 Å². The molecule has 0 atom stereocenters. The summed E-state index contributed by atoms with van der Waals surface area (Å²) >= 11 is 0. The molecule has 6 heteroatoms. The fraction of sp³-hybridized carbons (Fsp3) is 0.417. The van der Waals surface area contributed by atoms with Crippen molar-refractivity contribution in [2.45, 2.75) is 25.6 Å². The number of nitriles is 1. The van der Waals surface area contributed by atoms with Gasteiger partial charge in [0.05, 0.1) is 16.9 Å². The van der Waals surface area contributed by atoms with Crippen LogP contribution in [0.15, 0.2) is 18.2 Å². The van der Waals surface area contributed by atoms with Crippen molar-refractivity contribution in [2.75, 3.05) is 7.05 Å². The maximum Gasteiger partial charge on any atom is 0.216 e. The number of nitrogens with zero attached hydrogens (tertiary/aromatic N) is 2. The summed E-state index contributed by atoms with van der Waals surface area (Å²) in [6, 6.07) is 5.78. The zero-order chi connectivity index (χ0) is 13.9. The zero-order valence-electron chi connectivity index (χ0n) is 10.5. The minimum Gasteiger partial charge on any atom is -0.212 e. The highest BCUT2D eigenvalue weighted by Gasteiger charge is 2.23. The van der Waals surface area contributed by atoms with Crippen LogP contribution in [0.4, 0.5) is 4.39 Å². The van der Waals surface area contributed by atoms with Crippen molar-refractivity contribution in [1.82, 2.24) is 4.31 Å². The Balaban J connectivity index is 3.03. The third-order valence-corrected chi connectivity index (χ3v) is 4.79. The molecule has 1 aromatic carbocycles. The molecule has 0 aliphatic heterocycles. The quantitative estimate of drug-likeness (QED) is 0.839. The van der Waals surface area contributed by atoms with E-state index in [4.69, 9.17) is 5.26 Å². The molecule has 1 aromatic rings. The average Bonchev–Trinajstić information content (AvgIpc) is 2.31. The first-order valence-electron chi connectivity index (χ1n) is 5.42. The molecule has 98 valence electrons. The molecule has 0 fully saturated rings. The van der Waals surface area contributed by atoms with Crippen LogP contribution in [0.25, 0.3) is 0 Å². The highest BCUT2D eigenvalue weighted by Crippen LogP contribution is 2.15. The summed E-state index contributed by atoms with van der Waals surface area (Å²) in [5, 5.41) is 8.17. The topological polar surface area (TPSA) is 61.2 Å². The fourth-order valence-electron chi connectivity index (χ4n) is 1.46. The number of benzene rings is 1. The maximum absolute atomic E-state index is 13.5. The van der Waals surface area contributed by atoms with Crippen molar-refractivity contribution >= 4 is 10.0 Å². The number of sulfonamides is 1.